The minimum absolute atomic E-state index is 0.0237. The Hall–Kier alpha value is -3.11. The molecule has 0 spiro atoms. The third-order valence-electron chi connectivity index (χ3n) is 4.60. The van der Waals surface area contributed by atoms with Gasteiger partial charge in [-0.3, -0.25) is 9.59 Å². The summed E-state index contributed by atoms with van der Waals surface area (Å²) in [5.41, 5.74) is -0.130. The van der Waals surface area contributed by atoms with E-state index in [1.165, 1.54) is 24.3 Å². The van der Waals surface area contributed by atoms with Crippen molar-refractivity contribution in [2.24, 2.45) is 11.8 Å². The molecule has 2 rings (SSSR count). The topological polar surface area (TPSA) is 114 Å². The number of aliphatic hydroxyl groups is 1. The number of carbonyl (C=O) groups is 3. The summed E-state index contributed by atoms with van der Waals surface area (Å²) in [7, 11) is 0. The van der Waals surface area contributed by atoms with Crippen molar-refractivity contribution in [1.82, 2.24) is 5.32 Å². The lowest BCUT2D eigenvalue weighted by Gasteiger charge is -2.19. The fraction of sp³-hybridized carbons (Fsp3) is 0.333. The van der Waals surface area contributed by atoms with Crippen molar-refractivity contribution in [2.75, 3.05) is 25.1 Å². The van der Waals surface area contributed by atoms with E-state index in [9.17, 15) is 23.9 Å². The van der Waals surface area contributed by atoms with E-state index in [1.54, 1.807) is 0 Å². The van der Waals surface area contributed by atoms with E-state index in [2.05, 4.69) is 23.8 Å². The largest absolute Gasteiger partial charge is 0.501 e. The zero-order valence-corrected chi connectivity index (χ0v) is 17.5. The van der Waals surface area contributed by atoms with Gasteiger partial charge in [-0.05, 0) is 42.8 Å². The highest BCUT2D eigenvalue weighted by Crippen LogP contribution is 2.26. The predicted molar refractivity (Wildman–Crippen MR) is 115 cm³/mol. The molecule has 0 radical (unpaired) electrons. The molecule has 1 aliphatic rings. The number of hydrogen-bond acceptors (Lipinski definition) is 7. The van der Waals surface area contributed by atoms with Crippen LogP contribution in [0.1, 0.15) is 16.8 Å². The van der Waals surface area contributed by atoms with Gasteiger partial charge in [-0.15, -0.1) is 0 Å². The lowest BCUT2D eigenvalue weighted by molar-refractivity contribution is -0.146. The fourth-order valence-electron chi connectivity index (χ4n) is 3.14. The lowest BCUT2D eigenvalue weighted by atomic mass is 9.90. The number of amides is 1. The van der Waals surface area contributed by atoms with Crippen LogP contribution in [-0.4, -0.2) is 53.8 Å². The van der Waals surface area contributed by atoms with Crippen molar-refractivity contribution >= 4 is 40.8 Å². The van der Waals surface area contributed by atoms with Gasteiger partial charge in [0.1, 0.15) is 24.9 Å². The molecule has 0 aromatic heterocycles. The molecule has 1 aliphatic heterocycles. The molecule has 166 valence electrons. The number of esters is 2. The van der Waals surface area contributed by atoms with Crippen LogP contribution < -0.4 is 10.6 Å². The Balaban J connectivity index is 2.04. The van der Waals surface area contributed by atoms with Gasteiger partial charge >= 0.3 is 11.9 Å². The second kappa shape index (κ2) is 11.3. The minimum atomic E-state index is -1.06. The number of thiocarbonyl (C=S) groups is 1. The molecule has 1 fully saturated rings. The number of anilines is 1. The van der Waals surface area contributed by atoms with Crippen LogP contribution in [0.5, 0.6) is 0 Å². The number of ether oxygens (including phenoxy) is 2. The van der Waals surface area contributed by atoms with Gasteiger partial charge in [-0.25, -0.2) is 9.18 Å². The van der Waals surface area contributed by atoms with Crippen LogP contribution in [0.4, 0.5) is 10.1 Å². The maximum Gasteiger partial charge on any atom is 0.341 e. The molecule has 0 aliphatic carbocycles. The molecule has 1 unspecified atom stereocenters. The smallest absolute Gasteiger partial charge is 0.341 e. The van der Waals surface area contributed by atoms with Crippen molar-refractivity contribution in [1.29, 1.82) is 0 Å². The van der Waals surface area contributed by atoms with E-state index >= 15 is 0 Å². The molecule has 31 heavy (non-hydrogen) atoms. The molecule has 0 saturated carbocycles. The van der Waals surface area contributed by atoms with Gasteiger partial charge in [0.25, 0.3) is 0 Å². The summed E-state index contributed by atoms with van der Waals surface area (Å²) in [6.45, 7) is 7.01. The molecule has 1 amide bonds. The average molecular weight is 450 g/mol. The Labute approximate surface area is 184 Å². The van der Waals surface area contributed by atoms with Crippen LogP contribution in [0.15, 0.2) is 43.5 Å². The first-order valence-corrected chi connectivity index (χ1v) is 9.81. The zero-order chi connectivity index (χ0) is 23.0. The summed E-state index contributed by atoms with van der Waals surface area (Å²) in [5.74, 6) is -4.34. The Morgan fingerprint density at radius 1 is 1.29 bits per heavy atom. The second-order valence-corrected chi connectivity index (χ2v) is 7.18. The summed E-state index contributed by atoms with van der Waals surface area (Å²) >= 11 is 4.79. The number of nitrogens with one attached hydrogen (secondary N) is 2. The summed E-state index contributed by atoms with van der Waals surface area (Å²) in [6.07, 6.45) is 2.95. The molecule has 1 aromatic rings. The first-order valence-electron chi connectivity index (χ1n) is 9.40. The Morgan fingerprint density at radius 2 is 1.97 bits per heavy atom. The molecule has 8 nitrogen and oxygen atoms in total. The van der Waals surface area contributed by atoms with Gasteiger partial charge < -0.3 is 25.2 Å². The average Bonchev–Trinajstić information content (AvgIpc) is 3.21. The van der Waals surface area contributed by atoms with E-state index in [0.717, 1.165) is 6.07 Å². The maximum absolute atomic E-state index is 13.9. The van der Waals surface area contributed by atoms with Gasteiger partial charge in [0, 0.05) is 12.2 Å². The Kier molecular flexibility index (Phi) is 8.83. The van der Waals surface area contributed by atoms with E-state index in [4.69, 9.17) is 21.7 Å². The highest BCUT2D eigenvalue weighted by Gasteiger charge is 2.40. The summed E-state index contributed by atoms with van der Waals surface area (Å²) in [4.78, 5) is 36.7. The monoisotopic (exact) mass is 450 g/mol. The zero-order valence-electron chi connectivity index (χ0n) is 16.6. The van der Waals surface area contributed by atoms with Crippen molar-refractivity contribution in [3.05, 3.63) is 54.9 Å². The van der Waals surface area contributed by atoms with Crippen LogP contribution in [0.25, 0.3) is 0 Å². The van der Waals surface area contributed by atoms with Crippen LogP contribution in [-0.2, 0) is 19.1 Å². The summed E-state index contributed by atoms with van der Waals surface area (Å²) < 4.78 is 23.7. The number of hydrogen-bond donors (Lipinski definition) is 3. The molecule has 1 aromatic carbocycles. The Morgan fingerprint density at radius 3 is 2.61 bits per heavy atom. The number of rotatable bonds is 10. The van der Waals surface area contributed by atoms with Gasteiger partial charge in [0.15, 0.2) is 5.05 Å². The number of halogens is 1. The van der Waals surface area contributed by atoms with Gasteiger partial charge in [-0.1, -0.05) is 25.3 Å². The molecule has 0 bridgehead atoms. The summed E-state index contributed by atoms with van der Waals surface area (Å²) in [6, 6.07) is 2.82. The van der Waals surface area contributed by atoms with Crippen LogP contribution in [0, 0.1) is 17.7 Å². The third kappa shape index (κ3) is 6.43. The van der Waals surface area contributed by atoms with E-state index in [-0.39, 0.29) is 37.4 Å². The van der Waals surface area contributed by atoms with Gasteiger partial charge in [-0.2, -0.15) is 0 Å². The highest BCUT2D eigenvalue weighted by molar-refractivity contribution is 7.80. The number of aliphatic hydroxyl groups excluding tert-OH is 1. The lowest BCUT2D eigenvalue weighted by Crippen LogP contribution is -2.35. The van der Waals surface area contributed by atoms with Crippen LogP contribution in [0.3, 0.4) is 0 Å². The SMILES string of the molecule is C=CCOC(=O)c1cc(NC(=O)C2C[C@@H]([C@@H](C(=O)OCC=C)C(O)=S)CN2)ccc1F. The first-order chi connectivity index (χ1) is 14.8. The third-order valence-corrected chi connectivity index (χ3v) is 4.86. The summed E-state index contributed by atoms with van der Waals surface area (Å²) in [5, 5.41) is 14.8. The van der Waals surface area contributed by atoms with Crippen molar-refractivity contribution in [3.8, 4) is 0 Å². The van der Waals surface area contributed by atoms with E-state index < -0.39 is 46.6 Å². The molecule has 1 saturated heterocycles. The normalized spacial score (nSPS) is 18.5. The van der Waals surface area contributed by atoms with E-state index in [1.807, 2.05) is 0 Å². The molecule has 1 heterocycles. The van der Waals surface area contributed by atoms with Crippen molar-refractivity contribution in [3.63, 3.8) is 0 Å². The molecular formula is C21H23FN2O6S. The number of benzene rings is 1. The van der Waals surface area contributed by atoms with Gasteiger partial charge in [0.05, 0.1) is 11.6 Å². The maximum atomic E-state index is 13.9. The van der Waals surface area contributed by atoms with E-state index in [0.29, 0.717) is 0 Å². The Bertz CT molecular complexity index is 891. The fourth-order valence-corrected chi connectivity index (χ4v) is 3.43. The van der Waals surface area contributed by atoms with Crippen LogP contribution in [0.2, 0.25) is 0 Å². The molecular weight excluding hydrogens is 427 g/mol. The van der Waals surface area contributed by atoms with Crippen LogP contribution >= 0.6 is 12.2 Å². The predicted octanol–water partition coefficient (Wildman–Crippen LogP) is 2.32. The molecule has 3 atom stereocenters. The molecule has 3 N–H and O–H groups in total. The standard InChI is InChI=1S/C21H23FN2O6S/c1-3-7-29-19(26)14-10-13(5-6-15(14)22)24-18(25)16-9-12(11-23-16)17(21(28)31)20(27)30-8-4-2/h3-6,10,12,16-17,23H,1-2,7-9,11H2,(H,24,25)(H,28,31)/t12-,16?,17+/m1/s1. The highest BCUT2D eigenvalue weighted by atomic mass is 32.1. The van der Waals surface area contributed by atoms with Crippen molar-refractivity contribution < 1.29 is 33.4 Å². The first kappa shape index (κ1) is 24.2. The second-order valence-electron chi connectivity index (χ2n) is 6.76. The minimum Gasteiger partial charge on any atom is -0.501 e. The molecule has 10 heteroatoms. The number of carbonyl (C=O) groups excluding carboxylic acids is 3. The quantitative estimate of drug-likeness (QED) is 0.283. The van der Waals surface area contributed by atoms with Gasteiger partial charge in [0.2, 0.25) is 5.91 Å². The van der Waals surface area contributed by atoms with Crippen molar-refractivity contribution in [2.45, 2.75) is 12.5 Å².